The van der Waals surface area contributed by atoms with Gasteiger partial charge < -0.3 is 10.1 Å². The Bertz CT molecular complexity index is 412. The van der Waals surface area contributed by atoms with Gasteiger partial charge >= 0.3 is 0 Å². The van der Waals surface area contributed by atoms with Gasteiger partial charge in [0.1, 0.15) is 12.4 Å². The van der Waals surface area contributed by atoms with Crippen molar-refractivity contribution in [2.75, 3.05) is 33.3 Å². The first-order valence-electron chi connectivity index (χ1n) is 7.72. The summed E-state index contributed by atoms with van der Waals surface area (Å²) in [6.07, 6.45) is 0. The lowest BCUT2D eigenvalue weighted by Gasteiger charge is -2.16. The Kier molecular flexibility index (Phi) is 8.09. The fourth-order valence-corrected chi connectivity index (χ4v) is 2.07. The number of nitrogens with one attached hydrogen (secondary N) is 1. The van der Waals surface area contributed by atoms with Gasteiger partial charge in [0, 0.05) is 19.6 Å². The van der Waals surface area contributed by atoms with E-state index >= 15 is 0 Å². The number of benzene rings is 1. The van der Waals surface area contributed by atoms with Crippen molar-refractivity contribution in [2.24, 2.45) is 5.92 Å². The van der Waals surface area contributed by atoms with Crippen molar-refractivity contribution < 1.29 is 4.74 Å². The summed E-state index contributed by atoms with van der Waals surface area (Å²) >= 11 is 0. The summed E-state index contributed by atoms with van der Waals surface area (Å²) in [4.78, 5) is 2.21. The van der Waals surface area contributed by atoms with E-state index in [0.717, 1.165) is 31.9 Å². The van der Waals surface area contributed by atoms with Gasteiger partial charge in [-0.05, 0) is 44.1 Å². The molecular formula is C18H30N2O. The molecule has 1 N–H and O–H groups in total. The van der Waals surface area contributed by atoms with Crippen molar-refractivity contribution in [3.8, 4) is 5.75 Å². The van der Waals surface area contributed by atoms with E-state index in [4.69, 9.17) is 4.74 Å². The number of likely N-dealkylation sites (N-methyl/N-ethyl adjacent to an activating group) is 1. The lowest BCUT2D eigenvalue weighted by atomic mass is 10.2. The van der Waals surface area contributed by atoms with Crippen LogP contribution in [0.15, 0.2) is 36.4 Å². The lowest BCUT2D eigenvalue weighted by molar-refractivity contribution is 0.247. The van der Waals surface area contributed by atoms with Crippen LogP contribution in [0.3, 0.4) is 0 Å². The summed E-state index contributed by atoms with van der Waals surface area (Å²) in [7, 11) is 2.08. The Labute approximate surface area is 130 Å². The second-order valence-corrected chi connectivity index (χ2v) is 6.21. The van der Waals surface area contributed by atoms with Crippen LogP contribution >= 0.6 is 0 Å². The van der Waals surface area contributed by atoms with Crippen LogP contribution in [0.4, 0.5) is 0 Å². The van der Waals surface area contributed by atoms with Gasteiger partial charge in [-0.1, -0.05) is 38.1 Å². The molecule has 1 rings (SSSR count). The Balaban J connectivity index is 2.26. The van der Waals surface area contributed by atoms with Gasteiger partial charge in [0.05, 0.1) is 0 Å². The zero-order chi connectivity index (χ0) is 15.7. The summed E-state index contributed by atoms with van der Waals surface area (Å²) in [6.45, 7) is 14.9. The van der Waals surface area contributed by atoms with Crippen LogP contribution < -0.4 is 10.1 Å². The van der Waals surface area contributed by atoms with Gasteiger partial charge in [0.2, 0.25) is 0 Å². The van der Waals surface area contributed by atoms with E-state index in [0.29, 0.717) is 12.5 Å². The fourth-order valence-electron chi connectivity index (χ4n) is 2.07. The van der Waals surface area contributed by atoms with Gasteiger partial charge in [-0.3, -0.25) is 4.90 Å². The smallest absolute Gasteiger partial charge is 0.119 e. The molecule has 1 aromatic carbocycles. The minimum absolute atomic E-state index is 0.684. The van der Waals surface area contributed by atoms with E-state index in [2.05, 4.69) is 49.8 Å². The Morgan fingerprint density at radius 1 is 1.29 bits per heavy atom. The van der Waals surface area contributed by atoms with Crippen molar-refractivity contribution in [3.63, 3.8) is 0 Å². The molecule has 0 fully saturated rings. The average Bonchev–Trinajstić information content (AvgIpc) is 2.39. The van der Waals surface area contributed by atoms with Crippen molar-refractivity contribution in [2.45, 2.75) is 27.3 Å². The van der Waals surface area contributed by atoms with Crippen molar-refractivity contribution >= 4 is 0 Å². The second-order valence-electron chi connectivity index (χ2n) is 6.21. The molecule has 0 aliphatic rings. The molecule has 0 atom stereocenters. The average molecular weight is 290 g/mol. The molecule has 0 aromatic heterocycles. The standard InChI is InChI=1S/C18H30N2O/c1-15(2)12-19-13-17-6-8-18(9-7-17)21-11-10-20(5)14-16(3)4/h6-9,15,19H,3,10-14H2,1-2,4-5H3. The molecule has 0 heterocycles. The topological polar surface area (TPSA) is 24.5 Å². The number of hydrogen-bond donors (Lipinski definition) is 1. The minimum Gasteiger partial charge on any atom is -0.492 e. The third-order valence-corrected chi connectivity index (χ3v) is 3.09. The summed E-state index contributed by atoms with van der Waals surface area (Å²) in [6, 6.07) is 8.34. The molecule has 0 amide bonds. The molecule has 0 spiro atoms. The van der Waals surface area contributed by atoms with Gasteiger partial charge in [-0.2, -0.15) is 0 Å². The number of nitrogens with zero attached hydrogens (tertiary/aromatic N) is 1. The summed E-state index contributed by atoms with van der Waals surface area (Å²) in [5.41, 5.74) is 2.47. The normalized spacial score (nSPS) is 11.1. The summed E-state index contributed by atoms with van der Waals surface area (Å²) < 4.78 is 5.76. The molecule has 118 valence electrons. The van der Waals surface area contributed by atoms with Crippen LogP contribution in [0.25, 0.3) is 0 Å². The molecule has 0 bridgehead atoms. The third kappa shape index (κ3) is 8.53. The first-order chi connectivity index (χ1) is 9.97. The predicted octanol–water partition coefficient (Wildman–Crippen LogP) is 3.32. The predicted molar refractivity (Wildman–Crippen MR) is 90.8 cm³/mol. The first kappa shape index (κ1) is 17.7. The SMILES string of the molecule is C=C(C)CN(C)CCOc1ccc(CNCC(C)C)cc1. The largest absolute Gasteiger partial charge is 0.492 e. The molecule has 3 heteroatoms. The highest BCUT2D eigenvalue weighted by molar-refractivity contribution is 5.27. The third-order valence-electron chi connectivity index (χ3n) is 3.09. The van der Waals surface area contributed by atoms with E-state index in [-0.39, 0.29) is 0 Å². The number of ether oxygens (including phenoxy) is 1. The molecule has 0 saturated carbocycles. The molecular weight excluding hydrogens is 260 g/mol. The summed E-state index contributed by atoms with van der Waals surface area (Å²) in [5.74, 6) is 1.62. The Hall–Kier alpha value is -1.32. The maximum Gasteiger partial charge on any atom is 0.119 e. The Morgan fingerprint density at radius 2 is 1.95 bits per heavy atom. The molecule has 0 aliphatic heterocycles. The van der Waals surface area contributed by atoms with Gasteiger partial charge in [-0.25, -0.2) is 0 Å². The maximum atomic E-state index is 5.76. The minimum atomic E-state index is 0.684. The monoisotopic (exact) mass is 290 g/mol. The van der Waals surface area contributed by atoms with Crippen molar-refractivity contribution in [1.29, 1.82) is 0 Å². The molecule has 0 aliphatic carbocycles. The van der Waals surface area contributed by atoms with Crippen LogP contribution in [0.1, 0.15) is 26.3 Å². The molecule has 0 unspecified atom stereocenters. The molecule has 0 saturated heterocycles. The molecule has 0 radical (unpaired) electrons. The van der Waals surface area contributed by atoms with Gasteiger partial charge in [0.25, 0.3) is 0 Å². The number of rotatable bonds is 10. The lowest BCUT2D eigenvalue weighted by Crippen LogP contribution is -2.25. The van der Waals surface area contributed by atoms with Crippen LogP contribution in [0, 0.1) is 5.92 Å². The van der Waals surface area contributed by atoms with E-state index in [1.165, 1.54) is 11.1 Å². The zero-order valence-electron chi connectivity index (χ0n) is 14.0. The molecule has 21 heavy (non-hydrogen) atoms. The highest BCUT2D eigenvalue weighted by Gasteiger charge is 2.00. The van der Waals surface area contributed by atoms with Gasteiger partial charge in [0.15, 0.2) is 0 Å². The van der Waals surface area contributed by atoms with Crippen LogP contribution in [0.5, 0.6) is 5.75 Å². The zero-order valence-corrected chi connectivity index (χ0v) is 14.0. The second kappa shape index (κ2) is 9.59. The molecule has 3 nitrogen and oxygen atoms in total. The fraction of sp³-hybridized carbons (Fsp3) is 0.556. The number of hydrogen-bond acceptors (Lipinski definition) is 3. The molecule has 1 aromatic rings. The van der Waals surface area contributed by atoms with Crippen LogP contribution in [-0.4, -0.2) is 38.2 Å². The Morgan fingerprint density at radius 3 is 2.52 bits per heavy atom. The van der Waals surface area contributed by atoms with E-state index in [9.17, 15) is 0 Å². The summed E-state index contributed by atoms with van der Waals surface area (Å²) in [5, 5.41) is 3.44. The van der Waals surface area contributed by atoms with Crippen molar-refractivity contribution in [3.05, 3.63) is 42.0 Å². The van der Waals surface area contributed by atoms with E-state index < -0.39 is 0 Å². The van der Waals surface area contributed by atoms with Crippen molar-refractivity contribution in [1.82, 2.24) is 10.2 Å². The highest BCUT2D eigenvalue weighted by Crippen LogP contribution is 2.12. The van der Waals surface area contributed by atoms with Gasteiger partial charge in [-0.15, -0.1) is 0 Å². The quantitative estimate of drug-likeness (QED) is 0.669. The van der Waals surface area contributed by atoms with Crippen LogP contribution in [0.2, 0.25) is 0 Å². The van der Waals surface area contributed by atoms with E-state index in [1.807, 2.05) is 19.1 Å². The van der Waals surface area contributed by atoms with E-state index in [1.54, 1.807) is 0 Å². The van der Waals surface area contributed by atoms with Crippen LogP contribution in [-0.2, 0) is 6.54 Å². The first-order valence-corrected chi connectivity index (χ1v) is 7.72. The highest BCUT2D eigenvalue weighted by atomic mass is 16.5. The maximum absolute atomic E-state index is 5.76.